The van der Waals surface area contributed by atoms with Crippen LogP contribution < -0.4 is 10.2 Å². The summed E-state index contributed by atoms with van der Waals surface area (Å²) in [7, 11) is -2.20. The maximum atomic E-state index is 12.4. The smallest absolute Gasteiger partial charge is 0.252 e. The number of fused-ring (bicyclic) bond motifs is 2. The van der Waals surface area contributed by atoms with Gasteiger partial charge in [0.25, 0.3) is 10.0 Å². The summed E-state index contributed by atoms with van der Waals surface area (Å²) >= 11 is 2.91. The Morgan fingerprint density at radius 1 is 1.00 bits per heavy atom. The molecule has 2 aromatic carbocycles. The molecule has 1 amide bonds. The molecule has 0 unspecified atom stereocenters. The van der Waals surface area contributed by atoms with Crippen LogP contribution in [0.5, 0.6) is 0 Å². The average molecular weight is 474 g/mol. The fraction of sp³-hybridized carbons (Fsp3) is 0.227. The normalized spacial score (nSPS) is 13.0. The van der Waals surface area contributed by atoms with Crippen LogP contribution >= 0.6 is 23.1 Å². The molecule has 0 saturated carbocycles. The lowest BCUT2D eigenvalue weighted by Crippen LogP contribution is -2.39. The van der Waals surface area contributed by atoms with Crippen LogP contribution in [0.4, 0.5) is 11.4 Å². The minimum Gasteiger partial charge on any atom is -0.355 e. The number of rotatable bonds is 8. The first-order chi connectivity index (χ1) is 15.0. The Bertz CT molecular complexity index is 1120. The Labute approximate surface area is 190 Å². The van der Waals surface area contributed by atoms with Gasteiger partial charge in [-0.05, 0) is 42.1 Å². The predicted molar refractivity (Wildman–Crippen MR) is 126 cm³/mol. The van der Waals surface area contributed by atoms with Gasteiger partial charge in [0.2, 0.25) is 5.91 Å². The van der Waals surface area contributed by atoms with Crippen LogP contribution in [0.1, 0.15) is 6.42 Å². The summed E-state index contributed by atoms with van der Waals surface area (Å²) in [5, 5.41) is 4.55. The SMILES string of the molecule is CN(CC(=O)NCCCN1c2ccccc2Sc2ccccc21)S(=O)(=O)c1cccs1. The molecule has 1 aromatic heterocycles. The molecule has 0 spiro atoms. The summed E-state index contributed by atoms with van der Waals surface area (Å²) < 4.78 is 26.2. The zero-order valence-electron chi connectivity index (χ0n) is 17.0. The third kappa shape index (κ3) is 4.79. The number of nitrogens with one attached hydrogen (secondary N) is 1. The van der Waals surface area contributed by atoms with Gasteiger partial charge in [0.15, 0.2) is 0 Å². The second-order valence-corrected chi connectivity index (χ2v) is 11.4. The molecule has 1 aliphatic rings. The van der Waals surface area contributed by atoms with Crippen LogP contribution in [0.25, 0.3) is 0 Å². The summed E-state index contributed by atoms with van der Waals surface area (Å²) in [4.78, 5) is 17.0. The largest absolute Gasteiger partial charge is 0.355 e. The average Bonchev–Trinajstić information content (AvgIpc) is 3.32. The Balaban J connectivity index is 1.33. The number of likely N-dealkylation sites (N-methyl/N-ethyl adjacent to an activating group) is 1. The van der Waals surface area contributed by atoms with Gasteiger partial charge < -0.3 is 10.2 Å². The zero-order chi connectivity index (χ0) is 21.8. The highest BCUT2D eigenvalue weighted by atomic mass is 32.2. The molecule has 162 valence electrons. The summed E-state index contributed by atoms with van der Waals surface area (Å²) in [6, 6.07) is 19.8. The van der Waals surface area contributed by atoms with Gasteiger partial charge in [0.05, 0.1) is 17.9 Å². The number of para-hydroxylation sites is 2. The molecule has 0 bridgehead atoms. The zero-order valence-corrected chi connectivity index (χ0v) is 19.5. The maximum Gasteiger partial charge on any atom is 0.252 e. The van der Waals surface area contributed by atoms with E-state index in [0.29, 0.717) is 6.54 Å². The van der Waals surface area contributed by atoms with Crippen molar-refractivity contribution in [2.24, 2.45) is 0 Å². The van der Waals surface area contributed by atoms with Gasteiger partial charge in [-0.15, -0.1) is 11.3 Å². The molecule has 4 rings (SSSR count). The van der Waals surface area contributed by atoms with Gasteiger partial charge in [-0.3, -0.25) is 4.79 Å². The van der Waals surface area contributed by atoms with Crippen LogP contribution in [-0.2, 0) is 14.8 Å². The molecule has 9 heteroatoms. The molecule has 0 aliphatic carbocycles. The van der Waals surface area contributed by atoms with Gasteiger partial charge >= 0.3 is 0 Å². The number of benzene rings is 2. The molecule has 3 aromatic rings. The van der Waals surface area contributed by atoms with Crippen molar-refractivity contribution < 1.29 is 13.2 Å². The van der Waals surface area contributed by atoms with Gasteiger partial charge in [0.1, 0.15) is 4.21 Å². The van der Waals surface area contributed by atoms with E-state index in [1.54, 1.807) is 29.3 Å². The lowest BCUT2D eigenvalue weighted by Gasteiger charge is -2.32. The fourth-order valence-corrected chi connectivity index (χ4v) is 6.82. The maximum absolute atomic E-state index is 12.4. The molecule has 0 radical (unpaired) electrons. The molecule has 1 N–H and O–H groups in total. The number of sulfonamides is 1. The number of carbonyl (C=O) groups excluding carboxylic acids is 1. The van der Waals surface area contributed by atoms with Crippen molar-refractivity contribution in [2.45, 2.75) is 20.4 Å². The molecule has 31 heavy (non-hydrogen) atoms. The summed E-state index contributed by atoms with van der Waals surface area (Å²) in [6.45, 7) is 1.02. The molecular weight excluding hydrogens is 450 g/mol. The Hall–Kier alpha value is -2.33. The summed E-state index contributed by atoms with van der Waals surface area (Å²) in [5.41, 5.74) is 2.33. The molecule has 0 atom stereocenters. The first-order valence-electron chi connectivity index (χ1n) is 9.87. The van der Waals surface area contributed by atoms with Gasteiger partial charge in [-0.25, -0.2) is 8.42 Å². The van der Waals surface area contributed by atoms with Crippen LogP contribution in [0.2, 0.25) is 0 Å². The van der Waals surface area contributed by atoms with E-state index in [9.17, 15) is 13.2 Å². The number of hydrogen-bond acceptors (Lipinski definition) is 6. The van der Waals surface area contributed by atoms with Crippen molar-refractivity contribution in [1.82, 2.24) is 9.62 Å². The highest BCUT2D eigenvalue weighted by Crippen LogP contribution is 2.47. The number of anilines is 2. The molecule has 2 heterocycles. The lowest BCUT2D eigenvalue weighted by atomic mass is 10.2. The van der Waals surface area contributed by atoms with E-state index >= 15 is 0 Å². The summed E-state index contributed by atoms with van der Waals surface area (Å²) in [5.74, 6) is -0.308. The second kappa shape index (κ2) is 9.44. The van der Waals surface area contributed by atoms with Crippen molar-refractivity contribution in [1.29, 1.82) is 0 Å². The van der Waals surface area contributed by atoms with Crippen LogP contribution in [0.3, 0.4) is 0 Å². The standard InChI is InChI=1S/C22H23N3O3S3/c1-24(31(27,28)22-12-6-15-29-22)16-21(26)23-13-7-14-25-17-8-2-4-10-19(17)30-20-11-5-3-9-18(20)25/h2-6,8-12,15H,7,13-14,16H2,1H3,(H,23,26). The first-order valence-corrected chi connectivity index (χ1v) is 13.0. The second-order valence-electron chi connectivity index (χ2n) is 7.09. The predicted octanol–water partition coefficient (Wildman–Crippen LogP) is 4.18. The van der Waals surface area contributed by atoms with E-state index < -0.39 is 10.0 Å². The lowest BCUT2D eigenvalue weighted by molar-refractivity contribution is -0.121. The number of carbonyl (C=O) groups is 1. The highest BCUT2D eigenvalue weighted by Gasteiger charge is 2.24. The van der Waals surface area contributed by atoms with Gasteiger partial charge in [-0.2, -0.15) is 4.31 Å². The van der Waals surface area contributed by atoms with E-state index in [1.807, 2.05) is 24.3 Å². The van der Waals surface area contributed by atoms with Crippen LogP contribution in [-0.4, -0.2) is 45.3 Å². The summed E-state index contributed by atoms with van der Waals surface area (Å²) in [6.07, 6.45) is 0.737. The van der Waals surface area contributed by atoms with Gasteiger partial charge in [0, 0.05) is 29.9 Å². The molecule has 1 aliphatic heterocycles. The number of hydrogen-bond donors (Lipinski definition) is 1. The molecule has 0 fully saturated rings. The third-order valence-electron chi connectivity index (χ3n) is 4.94. The van der Waals surface area contributed by atoms with Crippen molar-refractivity contribution in [3.05, 3.63) is 66.0 Å². The minimum absolute atomic E-state index is 0.202. The molecular formula is C22H23N3O3S3. The molecule has 6 nitrogen and oxygen atoms in total. The Morgan fingerprint density at radius 2 is 1.65 bits per heavy atom. The van der Waals surface area contributed by atoms with Crippen LogP contribution in [0.15, 0.2) is 80.0 Å². The van der Waals surface area contributed by atoms with E-state index in [4.69, 9.17) is 0 Å². The Morgan fingerprint density at radius 3 is 2.26 bits per heavy atom. The quantitative estimate of drug-likeness (QED) is 0.497. The fourth-order valence-electron chi connectivity index (χ4n) is 3.39. The van der Waals surface area contributed by atoms with E-state index in [2.05, 4.69) is 34.5 Å². The van der Waals surface area contributed by atoms with Crippen molar-refractivity contribution >= 4 is 50.4 Å². The number of thiophene rings is 1. The van der Waals surface area contributed by atoms with Gasteiger partial charge in [-0.1, -0.05) is 42.1 Å². The van der Waals surface area contributed by atoms with E-state index in [0.717, 1.165) is 28.6 Å². The van der Waals surface area contributed by atoms with Crippen molar-refractivity contribution in [2.75, 3.05) is 31.6 Å². The van der Waals surface area contributed by atoms with Crippen molar-refractivity contribution in [3.63, 3.8) is 0 Å². The van der Waals surface area contributed by atoms with Crippen LogP contribution in [0, 0.1) is 0 Å². The monoisotopic (exact) mass is 473 g/mol. The highest BCUT2D eigenvalue weighted by molar-refractivity contribution is 7.99. The number of amides is 1. The minimum atomic E-state index is -3.62. The topological polar surface area (TPSA) is 69.7 Å². The van der Waals surface area contributed by atoms with E-state index in [-0.39, 0.29) is 16.7 Å². The first kappa shape index (κ1) is 21.9. The third-order valence-corrected chi connectivity index (χ3v) is 9.25. The van der Waals surface area contributed by atoms with Crippen molar-refractivity contribution in [3.8, 4) is 0 Å². The molecule has 0 saturated heterocycles. The number of nitrogens with zero attached hydrogens (tertiary/aromatic N) is 2. The Kier molecular flexibility index (Phi) is 6.66. The van der Waals surface area contributed by atoms with E-state index in [1.165, 1.54) is 28.2 Å².